The molecule has 0 aliphatic heterocycles. The van der Waals surface area contributed by atoms with Gasteiger partial charge in [0.25, 0.3) is 0 Å². The van der Waals surface area contributed by atoms with Gasteiger partial charge < -0.3 is 13.6 Å². The smallest absolute Gasteiger partial charge is 0.238 e. The molecule has 14 heteroatoms. The quantitative estimate of drug-likeness (QED) is 0.0963. The van der Waals surface area contributed by atoms with E-state index in [-0.39, 0.29) is 0 Å². The van der Waals surface area contributed by atoms with Gasteiger partial charge in [-0.2, -0.15) is 19.9 Å². The van der Waals surface area contributed by atoms with Crippen molar-refractivity contribution in [2.24, 2.45) is 0 Å². The summed E-state index contributed by atoms with van der Waals surface area (Å²) in [5.74, 6) is 5.59. The van der Waals surface area contributed by atoms with Crippen LogP contribution in [0.1, 0.15) is 0 Å². The molecular formula is C135H85N13O. The Morgan fingerprint density at radius 1 is 0.134 bits per heavy atom. The molecule has 30 aromatic rings. The molecule has 14 nitrogen and oxygen atoms in total. The predicted molar refractivity (Wildman–Crippen MR) is 611 cm³/mol. The van der Waals surface area contributed by atoms with Gasteiger partial charge in [-0.15, -0.1) is 0 Å². The highest BCUT2D eigenvalue weighted by molar-refractivity contribution is 6.26. The van der Waals surface area contributed by atoms with Crippen LogP contribution >= 0.6 is 0 Å². The molecule has 0 amide bonds. The molecular weight excluding hydrogens is 1820 g/mol. The van der Waals surface area contributed by atoms with Crippen molar-refractivity contribution < 1.29 is 4.42 Å². The summed E-state index contributed by atoms with van der Waals surface area (Å²) < 4.78 is 15.5. The fourth-order valence-electron chi connectivity index (χ4n) is 21.8. The number of benzene rings is 22. The standard InChI is InChI=1S/2C45H29N5.C45H27N3O/c1-4-14-30(15-5-1)43-46-44(31-16-6-2-7-17-31)48-45(47-43)50-40-23-13-10-20-35(40)37-26-24-33(29-42(37)50)32-25-27-41-38(28-32)36-21-11-12-22-39(36)49(41)34-18-8-3-9-19-34;1-4-14-30(15-5-1)43-46-44(31-16-6-2-7-17-31)48-45(47-43)50-40-23-13-11-21-36(40)38-29-33(25-27-42(38)50)32-24-26-41-37(28-32)35-20-10-12-22-39(35)49(41)34-18-8-3-9-19-34;1-3-12-28(13-4-1)43-46-44(29-14-5-2-6-15-29)48-45(47-43)37-20-11-21-41-42(37)39-27-31(23-25-40(39)49-41)30-22-24-36-34-18-8-7-16-32(34)33-17-9-10-19-35(33)38(36)26-30/h2*1-29H;1-27H. The maximum Gasteiger partial charge on any atom is 0.238 e. The lowest BCUT2D eigenvalue weighted by molar-refractivity contribution is 0.669. The molecule has 0 fully saturated rings. The number of rotatable bonds is 14. The molecule has 8 heterocycles. The largest absolute Gasteiger partial charge is 0.456 e. The van der Waals surface area contributed by atoms with E-state index in [2.05, 4.69) is 340 Å². The maximum atomic E-state index is 6.44. The summed E-state index contributed by atoms with van der Waals surface area (Å²) >= 11 is 0. The van der Waals surface area contributed by atoms with Crippen LogP contribution in [0.2, 0.25) is 0 Å². The molecule has 0 saturated heterocycles. The van der Waals surface area contributed by atoms with Crippen molar-refractivity contribution in [3.05, 3.63) is 516 Å². The Balaban J connectivity index is 0.000000108. The third-order valence-electron chi connectivity index (χ3n) is 28.7. The Kier molecular flexibility index (Phi) is 21.2. The normalized spacial score (nSPS) is 11.6. The number of nitrogens with zero attached hydrogens (tertiary/aromatic N) is 13. The van der Waals surface area contributed by atoms with Crippen LogP contribution in [-0.2, 0) is 0 Å². The summed E-state index contributed by atoms with van der Waals surface area (Å²) in [4.78, 5) is 45.3. The van der Waals surface area contributed by atoms with E-state index in [4.69, 9.17) is 49.3 Å². The first-order valence-corrected chi connectivity index (χ1v) is 50.0. The molecule has 0 aliphatic carbocycles. The van der Waals surface area contributed by atoms with Gasteiger partial charge in [0.1, 0.15) is 11.2 Å². The summed E-state index contributed by atoms with van der Waals surface area (Å²) in [5.41, 5.74) is 26.3. The van der Waals surface area contributed by atoms with E-state index < -0.39 is 0 Å². The number of fused-ring (bicyclic) bond motifs is 21. The van der Waals surface area contributed by atoms with Gasteiger partial charge in [0.15, 0.2) is 40.8 Å². The number of hydrogen-bond donors (Lipinski definition) is 0. The van der Waals surface area contributed by atoms with Crippen molar-refractivity contribution >= 4 is 141 Å². The highest BCUT2D eigenvalue weighted by Gasteiger charge is 2.26. The zero-order valence-electron chi connectivity index (χ0n) is 80.3. The lowest BCUT2D eigenvalue weighted by atomic mass is 9.92. The van der Waals surface area contributed by atoms with E-state index in [0.717, 1.165) is 144 Å². The maximum absolute atomic E-state index is 6.44. The van der Waals surface area contributed by atoms with Gasteiger partial charge in [0, 0.05) is 104 Å². The minimum Gasteiger partial charge on any atom is -0.456 e. The second-order valence-electron chi connectivity index (χ2n) is 37.4. The third kappa shape index (κ3) is 15.4. The van der Waals surface area contributed by atoms with Crippen LogP contribution in [0.3, 0.4) is 0 Å². The Morgan fingerprint density at radius 3 is 0.765 bits per heavy atom. The first kappa shape index (κ1) is 86.5. The van der Waals surface area contributed by atoms with Gasteiger partial charge in [0.2, 0.25) is 11.9 Å². The molecule has 696 valence electrons. The fourth-order valence-corrected chi connectivity index (χ4v) is 21.8. The topological polar surface area (TPSA) is 149 Å². The summed E-state index contributed by atoms with van der Waals surface area (Å²) in [6, 6.07) is 180. The van der Waals surface area contributed by atoms with Crippen LogP contribution in [0, 0.1) is 0 Å². The van der Waals surface area contributed by atoms with Crippen molar-refractivity contribution in [3.8, 4) is 136 Å². The first-order valence-electron chi connectivity index (χ1n) is 50.0. The fraction of sp³-hybridized carbons (Fsp3) is 0. The Morgan fingerprint density at radius 2 is 0.383 bits per heavy atom. The summed E-state index contributed by atoms with van der Waals surface area (Å²) in [7, 11) is 0. The Labute approximate surface area is 855 Å². The van der Waals surface area contributed by atoms with Gasteiger partial charge in [-0.25, -0.2) is 24.9 Å². The van der Waals surface area contributed by atoms with Gasteiger partial charge in [-0.1, -0.05) is 400 Å². The average molecular weight is 1910 g/mol. The van der Waals surface area contributed by atoms with Crippen molar-refractivity contribution in [1.29, 1.82) is 0 Å². The highest BCUT2D eigenvalue weighted by Crippen LogP contribution is 2.46. The van der Waals surface area contributed by atoms with E-state index in [1.807, 2.05) is 194 Å². The summed E-state index contributed by atoms with van der Waals surface area (Å²) in [5, 5.41) is 19.1. The Hall–Kier alpha value is -20.3. The van der Waals surface area contributed by atoms with Crippen LogP contribution in [0.15, 0.2) is 520 Å². The van der Waals surface area contributed by atoms with Crippen molar-refractivity contribution in [2.45, 2.75) is 0 Å². The highest BCUT2D eigenvalue weighted by atomic mass is 16.3. The number of hydrogen-bond acceptors (Lipinski definition) is 10. The zero-order valence-corrected chi connectivity index (χ0v) is 80.3. The second-order valence-corrected chi connectivity index (χ2v) is 37.4. The molecule has 0 radical (unpaired) electrons. The molecule has 8 aromatic heterocycles. The molecule has 0 N–H and O–H groups in total. The third-order valence-corrected chi connectivity index (χ3v) is 28.7. The van der Waals surface area contributed by atoms with Gasteiger partial charge in [0.05, 0.1) is 44.1 Å². The molecule has 0 unspecified atom stereocenters. The van der Waals surface area contributed by atoms with Crippen LogP contribution < -0.4 is 0 Å². The molecule has 0 aliphatic rings. The molecule has 0 spiro atoms. The van der Waals surface area contributed by atoms with Gasteiger partial charge in [-0.05, 0) is 181 Å². The number of para-hydroxylation sites is 6. The Bertz CT molecular complexity index is 10300. The van der Waals surface area contributed by atoms with Crippen molar-refractivity contribution in [3.63, 3.8) is 0 Å². The molecule has 0 saturated carbocycles. The molecule has 30 rings (SSSR count). The van der Waals surface area contributed by atoms with Crippen molar-refractivity contribution in [1.82, 2.24) is 63.1 Å². The molecule has 0 bridgehead atoms. The minimum atomic E-state index is 0.586. The van der Waals surface area contributed by atoms with Crippen LogP contribution in [0.25, 0.3) is 278 Å². The summed E-state index contributed by atoms with van der Waals surface area (Å²) in [6.07, 6.45) is 0. The summed E-state index contributed by atoms with van der Waals surface area (Å²) in [6.45, 7) is 0. The zero-order chi connectivity index (χ0) is 98.4. The predicted octanol–water partition coefficient (Wildman–Crippen LogP) is 34.0. The van der Waals surface area contributed by atoms with Crippen molar-refractivity contribution in [2.75, 3.05) is 0 Å². The van der Waals surface area contributed by atoms with Crippen LogP contribution in [0.5, 0.6) is 0 Å². The van der Waals surface area contributed by atoms with Gasteiger partial charge >= 0.3 is 0 Å². The SMILES string of the molecule is c1ccc(-c2nc(-c3ccccc3)nc(-c3cccc4oc5ccc(-c6ccc7c8ccccc8c8ccccc8c7c6)cc5c34)n2)cc1.c1ccc(-c2nc(-c3ccccc3)nc(-n3c4ccccc4c4cc(-c5ccc6c(c5)c5ccccc5n6-c5ccccc5)ccc43)n2)cc1.c1ccc(-c2nc(-c3ccccc3)nc(-n3c4ccccc4c4ccc(-c5ccc6c(c5)c5ccccc5n6-c5ccccc5)cc43)n2)cc1. The number of aromatic nitrogens is 13. The molecule has 22 aromatic carbocycles. The van der Waals surface area contributed by atoms with E-state index in [1.165, 1.54) is 81.5 Å². The monoisotopic (exact) mass is 1900 g/mol. The lowest BCUT2D eigenvalue weighted by Gasteiger charge is -2.12. The van der Waals surface area contributed by atoms with E-state index >= 15 is 0 Å². The van der Waals surface area contributed by atoms with E-state index in [1.54, 1.807) is 0 Å². The number of furan rings is 1. The molecule has 0 atom stereocenters. The van der Waals surface area contributed by atoms with E-state index in [9.17, 15) is 0 Å². The van der Waals surface area contributed by atoms with Crippen LogP contribution in [0.4, 0.5) is 0 Å². The molecule has 149 heavy (non-hydrogen) atoms. The average Bonchev–Trinajstić information content (AvgIpc) is 0.798. The second kappa shape index (κ2) is 36.6. The van der Waals surface area contributed by atoms with E-state index in [0.29, 0.717) is 52.7 Å². The minimum absolute atomic E-state index is 0.586. The first-order chi connectivity index (χ1) is 73.9. The lowest BCUT2D eigenvalue weighted by Crippen LogP contribution is -2.06. The van der Waals surface area contributed by atoms with Crippen LogP contribution in [-0.4, -0.2) is 63.1 Å². The van der Waals surface area contributed by atoms with Gasteiger partial charge in [-0.3, -0.25) is 9.13 Å².